The van der Waals surface area contributed by atoms with E-state index in [0.717, 1.165) is 23.6 Å². The molecule has 0 aliphatic carbocycles. The van der Waals surface area contributed by atoms with Crippen molar-refractivity contribution in [2.24, 2.45) is 5.92 Å². The number of carbonyl (C=O) groups excluding carboxylic acids is 1. The number of hydrogen-bond acceptors (Lipinski definition) is 4. The van der Waals surface area contributed by atoms with Crippen LogP contribution in [0, 0.1) is 26.7 Å². The lowest BCUT2D eigenvalue weighted by molar-refractivity contribution is 0.0941. The topological polar surface area (TPSA) is 72.7 Å². The first kappa shape index (κ1) is 15.2. The number of hydrogen-bond donors (Lipinski definition) is 1. The molecule has 6 heteroatoms. The number of carbonyl (C=O) groups is 1. The van der Waals surface area contributed by atoms with E-state index in [9.17, 15) is 4.79 Å². The summed E-state index contributed by atoms with van der Waals surface area (Å²) in [5.41, 5.74) is 3.29. The molecule has 0 bridgehead atoms. The SMILES string of the molecule is Cc1cnc(C(=O)NC[C@@H](C)Cn2nc(C)cc2C)cn1. The molecule has 1 atom stereocenters. The maximum absolute atomic E-state index is 11.9. The highest BCUT2D eigenvalue weighted by Gasteiger charge is 2.11. The van der Waals surface area contributed by atoms with E-state index in [1.165, 1.54) is 6.20 Å². The van der Waals surface area contributed by atoms with Crippen molar-refractivity contribution in [1.29, 1.82) is 0 Å². The molecular formula is C15H21N5O. The van der Waals surface area contributed by atoms with Gasteiger partial charge in [0.05, 0.1) is 17.6 Å². The summed E-state index contributed by atoms with van der Waals surface area (Å²) in [5, 5.41) is 7.31. The number of aryl methyl sites for hydroxylation is 3. The molecule has 21 heavy (non-hydrogen) atoms. The van der Waals surface area contributed by atoms with Crippen LogP contribution in [0.15, 0.2) is 18.5 Å². The van der Waals surface area contributed by atoms with Crippen LogP contribution >= 0.6 is 0 Å². The van der Waals surface area contributed by atoms with E-state index in [1.807, 2.05) is 31.5 Å². The molecule has 2 aromatic rings. The molecule has 2 heterocycles. The lowest BCUT2D eigenvalue weighted by Gasteiger charge is -2.13. The number of nitrogens with zero attached hydrogens (tertiary/aromatic N) is 4. The van der Waals surface area contributed by atoms with Crippen LogP contribution < -0.4 is 5.32 Å². The Morgan fingerprint density at radius 2 is 2.00 bits per heavy atom. The van der Waals surface area contributed by atoms with Crippen LogP contribution in [-0.2, 0) is 6.54 Å². The van der Waals surface area contributed by atoms with Crippen LogP contribution in [-0.4, -0.2) is 32.2 Å². The van der Waals surface area contributed by atoms with Gasteiger partial charge in [-0.2, -0.15) is 5.10 Å². The molecular weight excluding hydrogens is 266 g/mol. The van der Waals surface area contributed by atoms with Crippen molar-refractivity contribution in [3.63, 3.8) is 0 Å². The molecule has 0 unspecified atom stereocenters. The zero-order valence-corrected chi connectivity index (χ0v) is 12.9. The molecule has 2 rings (SSSR count). The third kappa shape index (κ3) is 4.11. The molecule has 0 aliphatic rings. The summed E-state index contributed by atoms with van der Waals surface area (Å²) >= 11 is 0. The smallest absolute Gasteiger partial charge is 0.271 e. The van der Waals surface area contributed by atoms with Crippen LogP contribution in [0.4, 0.5) is 0 Å². The zero-order chi connectivity index (χ0) is 15.4. The van der Waals surface area contributed by atoms with Crippen molar-refractivity contribution in [2.45, 2.75) is 34.2 Å². The Bertz CT molecular complexity index is 617. The molecule has 2 aromatic heterocycles. The fourth-order valence-electron chi connectivity index (χ4n) is 2.09. The van der Waals surface area contributed by atoms with Gasteiger partial charge >= 0.3 is 0 Å². The second kappa shape index (κ2) is 6.47. The van der Waals surface area contributed by atoms with Crippen LogP contribution in [0.2, 0.25) is 0 Å². The average molecular weight is 287 g/mol. The van der Waals surface area contributed by atoms with E-state index in [1.54, 1.807) is 6.20 Å². The van der Waals surface area contributed by atoms with E-state index in [2.05, 4.69) is 27.3 Å². The maximum Gasteiger partial charge on any atom is 0.271 e. The summed E-state index contributed by atoms with van der Waals surface area (Å²) in [5.74, 6) is 0.0908. The summed E-state index contributed by atoms with van der Waals surface area (Å²) in [6, 6.07) is 2.05. The highest BCUT2D eigenvalue weighted by Crippen LogP contribution is 2.06. The first-order chi connectivity index (χ1) is 9.95. The molecule has 0 saturated carbocycles. The van der Waals surface area contributed by atoms with Gasteiger partial charge in [0.25, 0.3) is 5.91 Å². The van der Waals surface area contributed by atoms with E-state index in [-0.39, 0.29) is 11.8 Å². The lowest BCUT2D eigenvalue weighted by Crippen LogP contribution is -2.31. The predicted molar refractivity (Wildman–Crippen MR) is 80.0 cm³/mol. The van der Waals surface area contributed by atoms with Crippen molar-refractivity contribution in [3.8, 4) is 0 Å². The Kier molecular flexibility index (Phi) is 4.67. The van der Waals surface area contributed by atoms with Gasteiger partial charge in [-0.05, 0) is 32.8 Å². The molecule has 6 nitrogen and oxygen atoms in total. The average Bonchev–Trinajstić information content (AvgIpc) is 2.75. The molecule has 0 aliphatic heterocycles. The second-order valence-electron chi connectivity index (χ2n) is 5.47. The fraction of sp³-hybridized carbons (Fsp3) is 0.467. The summed E-state index contributed by atoms with van der Waals surface area (Å²) in [6.45, 7) is 9.29. The Morgan fingerprint density at radius 1 is 1.24 bits per heavy atom. The Balaban J connectivity index is 1.86. The van der Waals surface area contributed by atoms with E-state index in [0.29, 0.717) is 12.2 Å². The fourth-order valence-corrected chi connectivity index (χ4v) is 2.09. The van der Waals surface area contributed by atoms with Gasteiger partial charge < -0.3 is 5.32 Å². The number of nitrogens with one attached hydrogen (secondary N) is 1. The van der Waals surface area contributed by atoms with Gasteiger partial charge in [0.15, 0.2) is 0 Å². The first-order valence-electron chi connectivity index (χ1n) is 7.03. The van der Waals surface area contributed by atoms with Gasteiger partial charge in [-0.3, -0.25) is 14.5 Å². The lowest BCUT2D eigenvalue weighted by atomic mass is 10.2. The quantitative estimate of drug-likeness (QED) is 0.908. The molecule has 1 amide bonds. The summed E-state index contributed by atoms with van der Waals surface area (Å²) in [7, 11) is 0. The molecule has 0 radical (unpaired) electrons. The summed E-state index contributed by atoms with van der Waals surface area (Å²) in [6.07, 6.45) is 3.09. The largest absolute Gasteiger partial charge is 0.350 e. The highest BCUT2D eigenvalue weighted by atomic mass is 16.1. The van der Waals surface area contributed by atoms with Gasteiger partial charge in [0.1, 0.15) is 5.69 Å². The van der Waals surface area contributed by atoms with E-state index in [4.69, 9.17) is 0 Å². The number of amides is 1. The van der Waals surface area contributed by atoms with Gasteiger partial charge in [-0.1, -0.05) is 6.92 Å². The molecule has 0 fully saturated rings. The minimum atomic E-state index is -0.192. The minimum Gasteiger partial charge on any atom is -0.350 e. The van der Waals surface area contributed by atoms with Gasteiger partial charge in [-0.25, -0.2) is 4.98 Å². The van der Waals surface area contributed by atoms with E-state index >= 15 is 0 Å². The van der Waals surface area contributed by atoms with Gasteiger partial charge in [-0.15, -0.1) is 0 Å². The van der Waals surface area contributed by atoms with Crippen molar-refractivity contribution in [3.05, 3.63) is 41.2 Å². The van der Waals surface area contributed by atoms with Crippen LogP contribution in [0.3, 0.4) is 0 Å². The van der Waals surface area contributed by atoms with E-state index < -0.39 is 0 Å². The Hall–Kier alpha value is -2.24. The Morgan fingerprint density at radius 3 is 2.57 bits per heavy atom. The Labute approximate surface area is 124 Å². The maximum atomic E-state index is 11.9. The number of aromatic nitrogens is 4. The molecule has 0 spiro atoms. The monoisotopic (exact) mass is 287 g/mol. The third-order valence-corrected chi connectivity index (χ3v) is 3.21. The van der Waals surface area contributed by atoms with Crippen molar-refractivity contribution in [1.82, 2.24) is 25.1 Å². The first-order valence-corrected chi connectivity index (χ1v) is 7.03. The van der Waals surface area contributed by atoms with Crippen molar-refractivity contribution < 1.29 is 4.79 Å². The number of rotatable bonds is 5. The van der Waals surface area contributed by atoms with Crippen LogP contribution in [0.1, 0.15) is 34.5 Å². The minimum absolute atomic E-state index is 0.192. The zero-order valence-electron chi connectivity index (χ0n) is 12.9. The molecule has 1 N–H and O–H groups in total. The van der Waals surface area contributed by atoms with Gasteiger partial charge in [0, 0.05) is 25.0 Å². The molecule has 0 saturated heterocycles. The summed E-state index contributed by atoms with van der Waals surface area (Å²) < 4.78 is 1.97. The normalized spacial score (nSPS) is 12.2. The second-order valence-corrected chi connectivity index (χ2v) is 5.47. The van der Waals surface area contributed by atoms with Gasteiger partial charge in [0.2, 0.25) is 0 Å². The summed E-state index contributed by atoms with van der Waals surface area (Å²) in [4.78, 5) is 20.1. The van der Waals surface area contributed by atoms with Crippen LogP contribution in [0.25, 0.3) is 0 Å². The third-order valence-electron chi connectivity index (χ3n) is 3.21. The molecule has 112 valence electrons. The molecule has 0 aromatic carbocycles. The standard InChI is InChI=1S/C15H21N5O/c1-10(9-20-13(4)5-11(2)19-20)6-18-15(21)14-8-16-12(3)7-17-14/h5,7-8,10H,6,9H2,1-4H3,(H,18,21)/t10-/m1/s1. The van der Waals surface area contributed by atoms with Crippen LogP contribution in [0.5, 0.6) is 0 Å². The van der Waals surface area contributed by atoms with Crippen molar-refractivity contribution in [2.75, 3.05) is 6.54 Å². The predicted octanol–water partition coefficient (Wildman–Crippen LogP) is 1.66. The van der Waals surface area contributed by atoms with Crippen molar-refractivity contribution >= 4 is 5.91 Å². The highest BCUT2D eigenvalue weighted by molar-refractivity contribution is 5.91.